The minimum Gasteiger partial charge on any atom is -0.465 e. The molecule has 0 saturated carbocycles. The van der Waals surface area contributed by atoms with Gasteiger partial charge in [0.25, 0.3) is 0 Å². The van der Waals surface area contributed by atoms with Crippen LogP contribution in [0.2, 0.25) is 0 Å². The van der Waals surface area contributed by atoms with Gasteiger partial charge in [0.15, 0.2) is 5.41 Å². The number of hydrogen-bond acceptors (Lipinski definition) is 4. The maximum atomic E-state index is 12.8. The zero-order chi connectivity index (χ0) is 19.9. The van der Waals surface area contributed by atoms with Gasteiger partial charge in [0.1, 0.15) is 0 Å². The minimum atomic E-state index is -1.22. The molecule has 0 spiro atoms. The summed E-state index contributed by atoms with van der Waals surface area (Å²) in [6, 6.07) is 4.31. The van der Waals surface area contributed by atoms with Crippen molar-refractivity contribution in [2.45, 2.75) is 79.1 Å². The highest BCUT2D eigenvalue weighted by Gasteiger charge is 2.53. The van der Waals surface area contributed by atoms with Crippen LogP contribution in [0.3, 0.4) is 0 Å². The smallest absolute Gasteiger partial charge is 0.324 e. The second-order valence-electron chi connectivity index (χ2n) is 7.42. The quantitative estimate of drug-likeness (QED) is 0.444. The van der Waals surface area contributed by atoms with Crippen molar-refractivity contribution in [1.29, 1.82) is 0 Å². The lowest BCUT2D eigenvalue weighted by molar-refractivity contribution is -0.171. The van der Waals surface area contributed by atoms with E-state index in [0.29, 0.717) is 12.8 Å². The number of rotatable bonds is 10. The molecule has 0 atom stereocenters. The van der Waals surface area contributed by atoms with E-state index in [-0.39, 0.29) is 13.2 Å². The van der Waals surface area contributed by atoms with E-state index in [0.717, 1.165) is 44.1 Å². The van der Waals surface area contributed by atoms with Crippen LogP contribution in [0, 0.1) is 5.41 Å². The topological polar surface area (TPSA) is 52.6 Å². The summed E-state index contributed by atoms with van der Waals surface area (Å²) in [5.41, 5.74) is 3.77. The Morgan fingerprint density at radius 2 is 1.48 bits per heavy atom. The van der Waals surface area contributed by atoms with Gasteiger partial charge in [-0.1, -0.05) is 38.8 Å². The molecule has 2 rings (SSSR count). The van der Waals surface area contributed by atoms with Crippen LogP contribution in [0.25, 0.3) is 0 Å². The van der Waals surface area contributed by atoms with Crippen molar-refractivity contribution in [2.24, 2.45) is 5.41 Å². The maximum absolute atomic E-state index is 12.8. The molecule has 150 valence electrons. The monoisotopic (exact) mass is 374 g/mol. The average Bonchev–Trinajstić information content (AvgIpc) is 3.06. The summed E-state index contributed by atoms with van der Waals surface area (Å²) in [5, 5.41) is 0. The SMILES string of the molecule is CCCCc1ccc2c(c1CCCC)CC(C(=O)OCC)(C(=O)OCC)C2. The van der Waals surface area contributed by atoms with Gasteiger partial charge in [-0.2, -0.15) is 0 Å². The van der Waals surface area contributed by atoms with Crippen molar-refractivity contribution in [3.8, 4) is 0 Å². The third kappa shape index (κ3) is 4.53. The van der Waals surface area contributed by atoms with Gasteiger partial charge in [-0.25, -0.2) is 0 Å². The van der Waals surface area contributed by atoms with Crippen molar-refractivity contribution < 1.29 is 19.1 Å². The van der Waals surface area contributed by atoms with Crippen LogP contribution in [0.1, 0.15) is 75.6 Å². The summed E-state index contributed by atoms with van der Waals surface area (Å²) in [6.45, 7) is 8.46. The lowest BCUT2D eigenvalue weighted by Gasteiger charge is -2.24. The second kappa shape index (κ2) is 9.91. The molecule has 0 amide bonds. The van der Waals surface area contributed by atoms with Crippen LogP contribution in [0.4, 0.5) is 0 Å². The Balaban J connectivity index is 2.45. The number of aryl methyl sites for hydroxylation is 1. The highest BCUT2D eigenvalue weighted by Crippen LogP contribution is 2.42. The van der Waals surface area contributed by atoms with Crippen molar-refractivity contribution >= 4 is 11.9 Å². The molecule has 0 aliphatic heterocycles. The first-order chi connectivity index (χ1) is 13.0. The number of carbonyl (C=O) groups excluding carboxylic acids is 2. The Bertz CT molecular complexity index is 645. The Hall–Kier alpha value is -1.84. The first kappa shape index (κ1) is 21.5. The van der Waals surface area contributed by atoms with Gasteiger partial charge < -0.3 is 9.47 Å². The molecule has 0 bridgehead atoms. The number of esters is 2. The molecule has 0 fully saturated rings. The lowest BCUT2D eigenvalue weighted by atomic mass is 9.84. The molecule has 1 aromatic rings. The van der Waals surface area contributed by atoms with Gasteiger partial charge in [0, 0.05) is 6.42 Å². The highest BCUT2D eigenvalue weighted by atomic mass is 16.6. The first-order valence-electron chi connectivity index (χ1n) is 10.5. The molecule has 0 unspecified atom stereocenters. The minimum absolute atomic E-state index is 0.265. The number of ether oxygens (including phenoxy) is 2. The van der Waals surface area contributed by atoms with Gasteiger partial charge in [-0.05, 0) is 68.2 Å². The third-order valence-electron chi connectivity index (χ3n) is 5.51. The predicted molar refractivity (Wildman–Crippen MR) is 107 cm³/mol. The fraction of sp³-hybridized carbons (Fsp3) is 0.652. The van der Waals surface area contributed by atoms with Crippen molar-refractivity contribution in [3.05, 3.63) is 34.4 Å². The highest BCUT2D eigenvalue weighted by molar-refractivity contribution is 6.01. The molecule has 0 saturated heterocycles. The first-order valence-corrected chi connectivity index (χ1v) is 10.5. The van der Waals surface area contributed by atoms with Gasteiger partial charge >= 0.3 is 11.9 Å². The van der Waals surface area contributed by atoms with E-state index < -0.39 is 17.4 Å². The third-order valence-corrected chi connectivity index (χ3v) is 5.51. The molecule has 0 N–H and O–H groups in total. The molecule has 4 nitrogen and oxygen atoms in total. The summed E-state index contributed by atoms with van der Waals surface area (Å²) in [6.07, 6.45) is 7.37. The molecule has 0 heterocycles. The Kier molecular flexibility index (Phi) is 7.88. The number of hydrogen-bond donors (Lipinski definition) is 0. The van der Waals surface area contributed by atoms with E-state index in [4.69, 9.17) is 9.47 Å². The van der Waals surface area contributed by atoms with Gasteiger partial charge in [0.05, 0.1) is 13.2 Å². The van der Waals surface area contributed by atoms with E-state index in [9.17, 15) is 9.59 Å². The van der Waals surface area contributed by atoms with Crippen LogP contribution >= 0.6 is 0 Å². The molecule has 1 aliphatic rings. The fourth-order valence-corrected chi connectivity index (χ4v) is 4.04. The molecule has 0 radical (unpaired) electrons. The van der Waals surface area contributed by atoms with E-state index >= 15 is 0 Å². The number of fused-ring (bicyclic) bond motifs is 1. The molecular weight excluding hydrogens is 340 g/mol. The van der Waals surface area contributed by atoms with Crippen molar-refractivity contribution in [3.63, 3.8) is 0 Å². The normalized spacial score (nSPS) is 14.7. The van der Waals surface area contributed by atoms with Crippen LogP contribution < -0.4 is 0 Å². The zero-order valence-electron chi connectivity index (χ0n) is 17.4. The molecule has 1 aromatic carbocycles. The summed E-state index contributed by atoms with van der Waals surface area (Å²) >= 11 is 0. The zero-order valence-corrected chi connectivity index (χ0v) is 17.4. The summed E-state index contributed by atoms with van der Waals surface area (Å²) in [5.74, 6) is -0.896. The Morgan fingerprint density at radius 1 is 0.889 bits per heavy atom. The largest absolute Gasteiger partial charge is 0.465 e. The number of unbranched alkanes of at least 4 members (excludes halogenated alkanes) is 2. The van der Waals surface area contributed by atoms with E-state index in [2.05, 4.69) is 26.0 Å². The van der Waals surface area contributed by atoms with Crippen LogP contribution in [0.5, 0.6) is 0 Å². The molecule has 0 aromatic heterocycles. The maximum Gasteiger partial charge on any atom is 0.324 e. The standard InChI is InChI=1S/C23H34O4/c1-5-9-11-17-13-14-18-15-23(21(24)26-7-3,22(25)27-8-4)16-20(18)19(17)12-10-6-2/h13-14H,5-12,15-16H2,1-4H3. The summed E-state index contributed by atoms with van der Waals surface area (Å²) in [4.78, 5) is 25.6. The fourth-order valence-electron chi connectivity index (χ4n) is 4.04. The van der Waals surface area contributed by atoms with Crippen LogP contribution in [-0.4, -0.2) is 25.2 Å². The molecule has 4 heteroatoms. The lowest BCUT2D eigenvalue weighted by Crippen LogP contribution is -2.43. The van der Waals surface area contributed by atoms with Gasteiger partial charge in [-0.3, -0.25) is 9.59 Å². The molecule has 27 heavy (non-hydrogen) atoms. The average molecular weight is 375 g/mol. The Labute approximate surface area is 163 Å². The van der Waals surface area contributed by atoms with Crippen LogP contribution in [0.15, 0.2) is 12.1 Å². The second-order valence-corrected chi connectivity index (χ2v) is 7.42. The summed E-state index contributed by atoms with van der Waals surface area (Å²) < 4.78 is 10.6. The number of benzene rings is 1. The van der Waals surface area contributed by atoms with Crippen LogP contribution in [-0.2, 0) is 44.7 Å². The summed E-state index contributed by atoms with van der Waals surface area (Å²) in [7, 11) is 0. The Morgan fingerprint density at radius 3 is 2.04 bits per heavy atom. The van der Waals surface area contributed by atoms with Crippen molar-refractivity contribution in [2.75, 3.05) is 13.2 Å². The predicted octanol–water partition coefficient (Wildman–Crippen LogP) is 4.58. The van der Waals surface area contributed by atoms with Crippen molar-refractivity contribution in [1.82, 2.24) is 0 Å². The molecular formula is C23H34O4. The van der Waals surface area contributed by atoms with Gasteiger partial charge in [0.2, 0.25) is 0 Å². The van der Waals surface area contributed by atoms with Gasteiger partial charge in [-0.15, -0.1) is 0 Å². The number of carbonyl (C=O) groups is 2. The van der Waals surface area contributed by atoms with E-state index in [1.807, 2.05) is 0 Å². The molecule has 1 aliphatic carbocycles. The van der Waals surface area contributed by atoms with E-state index in [1.165, 1.54) is 16.7 Å². The van der Waals surface area contributed by atoms with E-state index in [1.54, 1.807) is 13.8 Å².